The molecule has 1 aliphatic heterocycles. The van der Waals surface area contributed by atoms with Crippen LogP contribution in [0.2, 0.25) is 0 Å². The monoisotopic (exact) mass is 248 g/mol. The average Bonchev–Trinajstić information content (AvgIpc) is 2.42. The molecule has 0 bridgehead atoms. The molecule has 4 heteroatoms. The maximum Gasteiger partial charge on any atom is 0.126 e. The molecule has 2 heterocycles. The standard InChI is InChI=1S/C14H24N4/c1-3-7-17-8-10-18(11-9-17)12-13-5-4-6-14(15-2)16-13/h4-6H,3,7-12H2,1-2H3,(H,15,16). The minimum atomic E-state index is 0.956. The SMILES string of the molecule is CCCN1CCN(Cc2cccc(NC)n2)CC1. The third-order valence-electron chi connectivity index (χ3n) is 3.45. The van der Waals surface area contributed by atoms with E-state index in [1.807, 2.05) is 13.1 Å². The Bertz CT molecular complexity index is 359. The number of hydrogen-bond donors (Lipinski definition) is 1. The van der Waals surface area contributed by atoms with Crippen molar-refractivity contribution in [2.45, 2.75) is 19.9 Å². The Morgan fingerprint density at radius 3 is 2.56 bits per heavy atom. The summed E-state index contributed by atoms with van der Waals surface area (Å²) in [5.74, 6) is 0.956. The van der Waals surface area contributed by atoms with E-state index in [1.165, 1.54) is 26.1 Å². The van der Waals surface area contributed by atoms with Crippen LogP contribution in [0, 0.1) is 0 Å². The first-order chi connectivity index (χ1) is 8.81. The summed E-state index contributed by atoms with van der Waals surface area (Å²) in [5.41, 5.74) is 1.16. The fourth-order valence-electron chi connectivity index (χ4n) is 2.42. The van der Waals surface area contributed by atoms with E-state index in [0.717, 1.165) is 31.1 Å². The summed E-state index contributed by atoms with van der Waals surface area (Å²) in [6, 6.07) is 6.18. The normalized spacial score (nSPS) is 17.9. The van der Waals surface area contributed by atoms with Crippen LogP contribution in [0.25, 0.3) is 0 Å². The van der Waals surface area contributed by atoms with Gasteiger partial charge < -0.3 is 10.2 Å². The number of piperazine rings is 1. The second kappa shape index (κ2) is 6.71. The molecule has 0 atom stereocenters. The number of pyridine rings is 1. The van der Waals surface area contributed by atoms with E-state index in [0.29, 0.717) is 0 Å². The van der Waals surface area contributed by atoms with Gasteiger partial charge in [-0.25, -0.2) is 4.98 Å². The van der Waals surface area contributed by atoms with Crippen molar-refractivity contribution in [3.8, 4) is 0 Å². The fraction of sp³-hybridized carbons (Fsp3) is 0.643. The van der Waals surface area contributed by atoms with E-state index < -0.39 is 0 Å². The van der Waals surface area contributed by atoms with Gasteiger partial charge in [-0.15, -0.1) is 0 Å². The van der Waals surface area contributed by atoms with Gasteiger partial charge in [-0.2, -0.15) is 0 Å². The molecule has 0 saturated carbocycles. The van der Waals surface area contributed by atoms with Gasteiger partial charge in [0.25, 0.3) is 0 Å². The first kappa shape index (κ1) is 13.3. The molecular weight excluding hydrogens is 224 g/mol. The van der Waals surface area contributed by atoms with Gasteiger partial charge in [-0.1, -0.05) is 13.0 Å². The maximum absolute atomic E-state index is 4.57. The topological polar surface area (TPSA) is 31.4 Å². The Morgan fingerprint density at radius 1 is 1.17 bits per heavy atom. The smallest absolute Gasteiger partial charge is 0.126 e. The zero-order valence-electron chi connectivity index (χ0n) is 11.5. The van der Waals surface area contributed by atoms with E-state index in [9.17, 15) is 0 Å². The van der Waals surface area contributed by atoms with Crippen molar-refractivity contribution in [2.75, 3.05) is 45.1 Å². The Morgan fingerprint density at radius 2 is 1.89 bits per heavy atom. The van der Waals surface area contributed by atoms with Crippen LogP contribution >= 0.6 is 0 Å². The van der Waals surface area contributed by atoms with Crippen molar-refractivity contribution >= 4 is 5.82 Å². The molecule has 0 aliphatic carbocycles. The summed E-state index contributed by atoms with van der Waals surface area (Å²) in [6.45, 7) is 9.16. The highest BCUT2D eigenvalue weighted by Crippen LogP contribution is 2.09. The van der Waals surface area contributed by atoms with Crippen molar-refractivity contribution in [2.24, 2.45) is 0 Å². The number of anilines is 1. The average molecular weight is 248 g/mol. The molecule has 0 aromatic carbocycles. The first-order valence-electron chi connectivity index (χ1n) is 6.90. The number of nitrogens with one attached hydrogen (secondary N) is 1. The molecule has 0 spiro atoms. The van der Waals surface area contributed by atoms with Crippen LogP contribution < -0.4 is 5.32 Å². The van der Waals surface area contributed by atoms with Crippen LogP contribution in [0.15, 0.2) is 18.2 Å². The third kappa shape index (κ3) is 3.68. The minimum Gasteiger partial charge on any atom is -0.373 e. The highest BCUT2D eigenvalue weighted by molar-refractivity contribution is 5.34. The molecule has 1 N–H and O–H groups in total. The van der Waals surface area contributed by atoms with Gasteiger partial charge in [0.1, 0.15) is 5.82 Å². The van der Waals surface area contributed by atoms with Gasteiger partial charge in [-0.05, 0) is 25.1 Å². The number of rotatable bonds is 5. The van der Waals surface area contributed by atoms with Crippen LogP contribution in [-0.2, 0) is 6.54 Å². The van der Waals surface area contributed by atoms with E-state index in [4.69, 9.17) is 0 Å². The summed E-state index contributed by atoms with van der Waals surface area (Å²) in [4.78, 5) is 9.62. The van der Waals surface area contributed by atoms with Crippen molar-refractivity contribution in [3.05, 3.63) is 23.9 Å². The third-order valence-corrected chi connectivity index (χ3v) is 3.45. The molecule has 4 nitrogen and oxygen atoms in total. The Labute approximate surface area is 110 Å². The molecule has 2 rings (SSSR count). The van der Waals surface area contributed by atoms with Crippen molar-refractivity contribution in [1.29, 1.82) is 0 Å². The van der Waals surface area contributed by atoms with Gasteiger partial charge >= 0.3 is 0 Å². The van der Waals surface area contributed by atoms with Crippen molar-refractivity contribution < 1.29 is 0 Å². The number of nitrogens with zero attached hydrogens (tertiary/aromatic N) is 3. The van der Waals surface area contributed by atoms with Gasteiger partial charge in [-0.3, -0.25) is 4.90 Å². The molecule has 1 aliphatic rings. The highest BCUT2D eigenvalue weighted by atomic mass is 15.3. The van der Waals surface area contributed by atoms with Crippen molar-refractivity contribution in [3.63, 3.8) is 0 Å². The maximum atomic E-state index is 4.57. The second-order valence-corrected chi connectivity index (χ2v) is 4.88. The Hall–Kier alpha value is -1.13. The lowest BCUT2D eigenvalue weighted by atomic mass is 10.2. The van der Waals surface area contributed by atoms with Gasteiger partial charge in [0, 0.05) is 39.8 Å². The van der Waals surface area contributed by atoms with Gasteiger partial charge in [0.15, 0.2) is 0 Å². The molecular formula is C14H24N4. The molecule has 100 valence electrons. The minimum absolute atomic E-state index is 0.956. The zero-order valence-corrected chi connectivity index (χ0v) is 11.5. The number of aromatic nitrogens is 1. The van der Waals surface area contributed by atoms with Crippen LogP contribution in [0.1, 0.15) is 19.0 Å². The highest BCUT2D eigenvalue weighted by Gasteiger charge is 2.16. The summed E-state index contributed by atoms with van der Waals surface area (Å²) in [7, 11) is 1.91. The van der Waals surface area contributed by atoms with E-state index >= 15 is 0 Å². The molecule has 1 aromatic rings. The van der Waals surface area contributed by atoms with Gasteiger partial charge in [0.2, 0.25) is 0 Å². The molecule has 0 unspecified atom stereocenters. The van der Waals surface area contributed by atoms with Crippen LogP contribution in [0.3, 0.4) is 0 Å². The van der Waals surface area contributed by atoms with E-state index in [-0.39, 0.29) is 0 Å². The molecule has 0 amide bonds. The summed E-state index contributed by atoms with van der Waals surface area (Å²) in [6.07, 6.45) is 1.26. The lowest BCUT2D eigenvalue weighted by molar-refractivity contribution is 0.126. The van der Waals surface area contributed by atoms with E-state index in [1.54, 1.807) is 0 Å². The Kier molecular flexibility index (Phi) is 4.96. The molecule has 1 saturated heterocycles. The quantitative estimate of drug-likeness (QED) is 0.858. The number of hydrogen-bond acceptors (Lipinski definition) is 4. The summed E-state index contributed by atoms with van der Waals surface area (Å²) < 4.78 is 0. The van der Waals surface area contributed by atoms with Gasteiger partial charge in [0.05, 0.1) is 5.69 Å². The predicted molar refractivity (Wildman–Crippen MR) is 75.8 cm³/mol. The second-order valence-electron chi connectivity index (χ2n) is 4.88. The molecule has 0 radical (unpaired) electrons. The van der Waals surface area contributed by atoms with Crippen molar-refractivity contribution in [1.82, 2.24) is 14.8 Å². The first-order valence-corrected chi connectivity index (χ1v) is 6.90. The Balaban J connectivity index is 1.83. The molecule has 18 heavy (non-hydrogen) atoms. The predicted octanol–water partition coefficient (Wildman–Crippen LogP) is 1.65. The van der Waals surface area contributed by atoms with Crippen LogP contribution in [0.5, 0.6) is 0 Å². The largest absolute Gasteiger partial charge is 0.373 e. The summed E-state index contributed by atoms with van der Waals surface area (Å²) in [5, 5.41) is 3.09. The van der Waals surface area contributed by atoms with Crippen LogP contribution in [-0.4, -0.2) is 54.6 Å². The summed E-state index contributed by atoms with van der Waals surface area (Å²) >= 11 is 0. The molecule has 1 aromatic heterocycles. The lowest BCUT2D eigenvalue weighted by Gasteiger charge is -2.34. The van der Waals surface area contributed by atoms with E-state index in [2.05, 4.69) is 39.2 Å². The molecule has 1 fully saturated rings. The lowest BCUT2D eigenvalue weighted by Crippen LogP contribution is -2.46. The zero-order chi connectivity index (χ0) is 12.8. The fourth-order valence-corrected chi connectivity index (χ4v) is 2.42. The van der Waals surface area contributed by atoms with Crippen LogP contribution in [0.4, 0.5) is 5.82 Å².